The van der Waals surface area contributed by atoms with E-state index in [4.69, 9.17) is 4.99 Å². The van der Waals surface area contributed by atoms with E-state index < -0.39 is 0 Å². The molecule has 2 aliphatic rings. The van der Waals surface area contributed by atoms with Crippen LogP contribution in [0.3, 0.4) is 0 Å². The molecule has 0 saturated heterocycles. The van der Waals surface area contributed by atoms with E-state index >= 15 is 0 Å². The molecule has 0 bridgehead atoms. The molecule has 1 aromatic heterocycles. The van der Waals surface area contributed by atoms with Crippen molar-refractivity contribution in [2.45, 2.75) is 25.3 Å². The minimum absolute atomic E-state index is 0.0671. The molecule has 5 rings (SSSR count). The highest BCUT2D eigenvalue weighted by Crippen LogP contribution is 2.43. The molecule has 1 fully saturated rings. The van der Waals surface area contributed by atoms with Gasteiger partial charge >= 0.3 is 0 Å². The van der Waals surface area contributed by atoms with Crippen molar-refractivity contribution < 1.29 is 8.78 Å². The Morgan fingerprint density at radius 3 is 2.43 bits per heavy atom. The van der Waals surface area contributed by atoms with Crippen LogP contribution >= 0.6 is 0 Å². The highest BCUT2D eigenvalue weighted by molar-refractivity contribution is 6.07. The fourth-order valence-electron chi connectivity index (χ4n) is 4.22. The van der Waals surface area contributed by atoms with E-state index in [0.29, 0.717) is 5.95 Å². The predicted molar refractivity (Wildman–Crippen MR) is 103 cm³/mol. The maximum absolute atomic E-state index is 13.5. The summed E-state index contributed by atoms with van der Waals surface area (Å²) < 4.78 is 28.5. The first kappa shape index (κ1) is 17.0. The molecule has 1 aliphatic heterocycles. The fourth-order valence-corrected chi connectivity index (χ4v) is 4.22. The highest BCUT2D eigenvalue weighted by atomic mass is 19.1. The van der Waals surface area contributed by atoms with E-state index in [2.05, 4.69) is 16.2 Å². The molecule has 0 N–H and O–H groups in total. The molecule has 2 aromatic carbocycles. The van der Waals surface area contributed by atoms with Crippen LogP contribution in [0.2, 0.25) is 0 Å². The largest absolute Gasteiger partial charge is 0.248 e. The summed E-state index contributed by atoms with van der Waals surface area (Å²) in [7, 11) is 0. The minimum Gasteiger partial charge on any atom is -0.222 e. The molecule has 4 nitrogen and oxygen atoms in total. The van der Waals surface area contributed by atoms with Crippen molar-refractivity contribution in [3.8, 4) is 0 Å². The minimum atomic E-state index is -0.257. The summed E-state index contributed by atoms with van der Waals surface area (Å²) in [6, 6.07) is 13.0. The standard InChI is InChI=1S/C22H18F2N4/c23-17-8-4-14(5-9-17)12-16-2-1-3-19-20(16)27-22-25-13-26-28(22)21(19)15-6-10-18(24)11-7-15/h4-13,19,21H,1-3H2/b16-12+. The third-order valence-corrected chi connectivity index (χ3v) is 5.48. The Morgan fingerprint density at radius 1 is 0.964 bits per heavy atom. The van der Waals surface area contributed by atoms with Crippen LogP contribution in [0.5, 0.6) is 0 Å². The molecule has 0 radical (unpaired) electrons. The molecule has 1 aliphatic carbocycles. The number of fused-ring (bicyclic) bond motifs is 2. The van der Waals surface area contributed by atoms with Crippen molar-refractivity contribution in [3.63, 3.8) is 0 Å². The maximum Gasteiger partial charge on any atom is 0.248 e. The third kappa shape index (κ3) is 2.95. The Kier molecular flexibility index (Phi) is 4.11. The fraction of sp³-hybridized carbons (Fsp3) is 0.227. The molecule has 2 heterocycles. The zero-order valence-electron chi connectivity index (χ0n) is 15.1. The zero-order chi connectivity index (χ0) is 19.1. The molecule has 2 atom stereocenters. The van der Waals surface area contributed by atoms with Crippen LogP contribution in [-0.2, 0) is 0 Å². The highest BCUT2D eigenvalue weighted by Gasteiger charge is 2.38. The number of benzene rings is 2. The lowest BCUT2D eigenvalue weighted by molar-refractivity contribution is 0.384. The Balaban J connectivity index is 1.60. The Labute approximate surface area is 161 Å². The van der Waals surface area contributed by atoms with Crippen LogP contribution in [0.1, 0.15) is 36.4 Å². The van der Waals surface area contributed by atoms with Gasteiger partial charge in [0, 0.05) is 5.92 Å². The number of allylic oxidation sites excluding steroid dienone is 1. The molecule has 0 amide bonds. The summed E-state index contributed by atoms with van der Waals surface area (Å²) in [4.78, 5) is 9.11. The molecule has 140 valence electrons. The van der Waals surface area contributed by atoms with Gasteiger partial charge in [0.05, 0.1) is 11.8 Å². The number of aliphatic imine (C=N–C) groups is 1. The van der Waals surface area contributed by atoms with E-state index in [1.165, 1.54) is 30.6 Å². The summed E-state index contributed by atoms with van der Waals surface area (Å²) in [6.07, 6.45) is 6.51. The third-order valence-electron chi connectivity index (χ3n) is 5.48. The molecule has 6 heteroatoms. The van der Waals surface area contributed by atoms with Gasteiger partial charge < -0.3 is 0 Å². The first-order valence-electron chi connectivity index (χ1n) is 9.39. The predicted octanol–water partition coefficient (Wildman–Crippen LogP) is 5.12. The number of hydrogen-bond acceptors (Lipinski definition) is 3. The lowest BCUT2D eigenvalue weighted by Gasteiger charge is -2.36. The van der Waals surface area contributed by atoms with Gasteiger partial charge in [0.25, 0.3) is 0 Å². The maximum atomic E-state index is 13.5. The molecule has 2 unspecified atom stereocenters. The van der Waals surface area contributed by atoms with E-state index in [1.807, 2.05) is 16.8 Å². The van der Waals surface area contributed by atoms with Crippen molar-refractivity contribution >= 4 is 17.7 Å². The first-order valence-corrected chi connectivity index (χ1v) is 9.39. The van der Waals surface area contributed by atoms with Gasteiger partial charge in [0.15, 0.2) is 0 Å². The summed E-state index contributed by atoms with van der Waals surface area (Å²) in [5.41, 5.74) is 4.09. The average Bonchev–Trinajstić information content (AvgIpc) is 3.17. The van der Waals surface area contributed by atoms with Crippen molar-refractivity contribution in [3.05, 3.63) is 83.2 Å². The van der Waals surface area contributed by atoms with Crippen LogP contribution in [0.25, 0.3) is 6.08 Å². The molecular weight excluding hydrogens is 358 g/mol. The van der Waals surface area contributed by atoms with Crippen LogP contribution in [0, 0.1) is 17.6 Å². The number of nitrogens with zero attached hydrogens (tertiary/aromatic N) is 4. The van der Waals surface area contributed by atoms with Crippen LogP contribution < -0.4 is 0 Å². The van der Waals surface area contributed by atoms with E-state index in [9.17, 15) is 8.78 Å². The number of halogens is 2. The topological polar surface area (TPSA) is 43.1 Å². The summed E-state index contributed by atoms with van der Waals surface area (Å²) >= 11 is 0. The summed E-state index contributed by atoms with van der Waals surface area (Å²) in [5, 5.41) is 4.39. The van der Waals surface area contributed by atoms with Crippen LogP contribution in [0.4, 0.5) is 14.7 Å². The van der Waals surface area contributed by atoms with Gasteiger partial charge in [-0.2, -0.15) is 10.1 Å². The van der Waals surface area contributed by atoms with Gasteiger partial charge in [-0.25, -0.2) is 18.5 Å². The SMILES string of the molecule is Fc1ccc(/C=C2\CCCC3C2=Nc2ncnn2C3c2ccc(F)cc2)cc1. The number of aromatic nitrogens is 3. The van der Waals surface area contributed by atoms with Crippen LogP contribution in [0.15, 0.2) is 65.4 Å². The molecular formula is C22H18F2N4. The quantitative estimate of drug-likeness (QED) is 0.623. The van der Waals surface area contributed by atoms with E-state index in [0.717, 1.165) is 41.7 Å². The summed E-state index contributed by atoms with van der Waals surface area (Å²) in [6.45, 7) is 0. The first-order chi connectivity index (χ1) is 13.7. The Hall–Kier alpha value is -3.15. The molecule has 28 heavy (non-hydrogen) atoms. The van der Waals surface area contributed by atoms with Gasteiger partial charge in [-0.3, -0.25) is 0 Å². The van der Waals surface area contributed by atoms with Gasteiger partial charge in [-0.15, -0.1) is 0 Å². The van der Waals surface area contributed by atoms with Crippen molar-refractivity contribution in [1.29, 1.82) is 0 Å². The molecule has 1 saturated carbocycles. The van der Waals surface area contributed by atoms with E-state index in [1.54, 1.807) is 12.1 Å². The second-order valence-electron chi connectivity index (χ2n) is 7.22. The zero-order valence-corrected chi connectivity index (χ0v) is 15.1. The van der Waals surface area contributed by atoms with E-state index in [-0.39, 0.29) is 23.6 Å². The Bertz CT molecular complexity index is 1060. The van der Waals surface area contributed by atoms with Gasteiger partial charge in [0.1, 0.15) is 18.0 Å². The van der Waals surface area contributed by atoms with Crippen molar-refractivity contribution in [2.24, 2.45) is 10.9 Å². The van der Waals surface area contributed by atoms with Gasteiger partial charge in [0.2, 0.25) is 5.95 Å². The smallest absolute Gasteiger partial charge is 0.222 e. The molecule has 3 aromatic rings. The second kappa shape index (κ2) is 6.78. The lowest BCUT2D eigenvalue weighted by Crippen LogP contribution is -2.34. The van der Waals surface area contributed by atoms with Crippen molar-refractivity contribution in [1.82, 2.24) is 14.8 Å². The average molecular weight is 376 g/mol. The second-order valence-corrected chi connectivity index (χ2v) is 7.22. The summed E-state index contributed by atoms with van der Waals surface area (Å²) in [5.74, 6) is 0.198. The van der Waals surface area contributed by atoms with Gasteiger partial charge in [-0.1, -0.05) is 24.3 Å². The number of rotatable bonds is 2. The normalized spacial score (nSPS) is 22.5. The number of hydrogen-bond donors (Lipinski definition) is 0. The van der Waals surface area contributed by atoms with Crippen molar-refractivity contribution in [2.75, 3.05) is 0 Å². The van der Waals surface area contributed by atoms with Gasteiger partial charge in [-0.05, 0) is 66.3 Å². The monoisotopic (exact) mass is 376 g/mol. The lowest BCUT2D eigenvalue weighted by atomic mass is 9.76. The Morgan fingerprint density at radius 2 is 1.68 bits per heavy atom. The van der Waals surface area contributed by atoms with Crippen LogP contribution in [-0.4, -0.2) is 20.5 Å². The molecule has 0 spiro atoms.